The van der Waals surface area contributed by atoms with E-state index >= 15 is 0 Å². The van der Waals surface area contributed by atoms with E-state index in [4.69, 9.17) is 10.00 Å². The number of amides is 1. The van der Waals surface area contributed by atoms with E-state index < -0.39 is 5.97 Å². The van der Waals surface area contributed by atoms with Crippen LogP contribution in [-0.4, -0.2) is 30.6 Å². The number of unbranched alkanes of at least 4 members (excludes halogenated alkanes) is 1. The minimum atomic E-state index is -0.468. The molecule has 1 N–H and O–H groups in total. The Morgan fingerprint density at radius 2 is 1.92 bits per heavy atom. The molecule has 0 aliphatic rings. The highest BCUT2D eigenvalue weighted by Crippen LogP contribution is 2.22. The van der Waals surface area contributed by atoms with Crippen molar-refractivity contribution in [2.75, 3.05) is 19.0 Å². The van der Waals surface area contributed by atoms with Crippen molar-refractivity contribution >= 4 is 17.7 Å². The molecule has 0 aliphatic heterocycles. The van der Waals surface area contributed by atoms with Gasteiger partial charge in [0.2, 0.25) is 0 Å². The van der Waals surface area contributed by atoms with Gasteiger partial charge in [0.25, 0.3) is 5.91 Å². The number of ether oxygens (including phenoxy) is 2. The molecule has 1 amide bonds. The van der Waals surface area contributed by atoms with Crippen LogP contribution in [0.1, 0.15) is 33.6 Å². The van der Waals surface area contributed by atoms with Crippen molar-refractivity contribution in [3.8, 4) is 11.8 Å². The zero-order chi connectivity index (χ0) is 18.1. The van der Waals surface area contributed by atoms with E-state index in [2.05, 4.69) is 15.0 Å². The summed E-state index contributed by atoms with van der Waals surface area (Å²) in [6.07, 6.45) is 2.53. The second kappa shape index (κ2) is 9.03. The lowest BCUT2D eigenvalue weighted by Gasteiger charge is -2.11. The van der Waals surface area contributed by atoms with E-state index in [9.17, 15) is 9.59 Å². The summed E-state index contributed by atoms with van der Waals surface area (Å²) >= 11 is 0. The highest BCUT2D eigenvalue weighted by molar-refractivity contribution is 6.05. The fourth-order valence-corrected chi connectivity index (χ4v) is 1.99. The standard InChI is InChI=1S/C18H17N3O4/c1-24-18(23)14-8-6-13(7-9-14)17(22)21-16-15(5-4-11-20-16)25-12-3-2-10-19/h4-9,11H,2-3,12H2,1H3,(H,20,21,22). The van der Waals surface area contributed by atoms with Gasteiger partial charge in [0.05, 0.1) is 25.3 Å². The summed E-state index contributed by atoms with van der Waals surface area (Å²) in [5.74, 6) is -0.122. The maximum Gasteiger partial charge on any atom is 0.337 e. The number of hydrogen-bond donors (Lipinski definition) is 1. The second-order valence-corrected chi connectivity index (χ2v) is 4.98. The molecule has 7 heteroatoms. The summed E-state index contributed by atoms with van der Waals surface area (Å²) < 4.78 is 10.2. The number of nitrogens with one attached hydrogen (secondary N) is 1. The number of methoxy groups -OCH3 is 1. The molecule has 1 aromatic carbocycles. The van der Waals surface area contributed by atoms with Crippen molar-refractivity contribution in [3.63, 3.8) is 0 Å². The Morgan fingerprint density at radius 3 is 2.60 bits per heavy atom. The van der Waals surface area contributed by atoms with Gasteiger partial charge in [0.1, 0.15) is 0 Å². The van der Waals surface area contributed by atoms with E-state index in [1.165, 1.54) is 37.6 Å². The van der Waals surface area contributed by atoms with Gasteiger partial charge in [-0.25, -0.2) is 9.78 Å². The average Bonchev–Trinajstić information content (AvgIpc) is 2.66. The molecule has 1 heterocycles. The summed E-state index contributed by atoms with van der Waals surface area (Å²) in [5, 5.41) is 11.2. The van der Waals surface area contributed by atoms with Crippen molar-refractivity contribution in [2.45, 2.75) is 12.8 Å². The first-order valence-electron chi connectivity index (χ1n) is 7.60. The molecule has 25 heavy (non-hydrogen) atoms. The fraction of sp³-hybridized carbons (Fsp3) is 0.222. The van der Waals surface area contributed by atoms with Gasteiger partial charge in [0, 0.05) is 18.2 Å². The minimum absolute atomic E-state index is 0.293. The van der Waals surface area contributed by atoms with Gasteiger partial charge in [-0.05, 0) is 42.8 Å². The van der Waals surface area contributed by atoms with Crippen LogP contribution in [-0.2, 0) is 4.74 Å². The van der Waals surface area contributed by atoms with Gasteiger partial charge in [-0.1, -0.05) is 0 Å². The first-order chi connectivity index (χ1) is 12.2. The monoisotopic (exact) mass is 339 g/mol. The molecule has 0 unspecified atom stereocenters. The van der Waals surface area contributed by atoms with Crippen LogP contribution >= 0.6 is 0 Å². The van der Waals surface area contributed by atoms with Gasteiger partial charge in [-0.15, -0.1) is 0 Å². The number of aromatic nitrogens is 1. The van der Waals surface area contributed by atoms with E-state index in [1.54, 1.807) is 12.1 Å². The van der Waals surface area contributed by atoms with E-state index in [0.29, 0.717) is 42.1 Å². The Labute approximate surface area is 145 Å². The van der Waals surface area contributed by atoms with Crippen LogP contribution in [0.15, 0.2) is 42.6 Å². The van der Waals surface area contributed by atoms with Crippen LogP contribution in [0.5, 0.6) is 5.75 Å². The highest BCUT2D eigenvalue weighted by atomic mass is 16.5. The largest absolute Gasteiger partial charge is 0.490 e. The van der Waals surface area contributed by atoms with E-state index in [1.807, 2.05) is 6.07 Å². The topological polar surface area (TPSA) is 101 Å². The third-order valence-electron chi connectivity index (χ3n) is 3.26. The lowest BCUT2D eigenvalue weighted by atomic mass is 10.1. The molecule has 2 aromatic rings. The normalized spacial score (nSPS) is 9.76. The minimum Gasteiger partial charge on any atom is -0.490 e. The molecule has 0 spiro atoms. The van der Waals surface area contributed by atoms with Crippen molar-refractivity contribution < 1.29 is 19.1 Å². The van der Waals surface area contributed by atoms with Crippen molar-refractivity contribution in [1.29, 1.82) is 5.26 Å². The van der Waals surface area contributed by atoms with Crippen molar-refractivity contribution in [2.24, 2.45) is 0 Å². The van der Waals surface area contributed by atoms with Crippen LogP contribution in [0, 0.1) is 11.3 Å². The number of benzene rings is 1. The van der Waals surface area contributed by atoms with Crippen LogP contribution in [0.3, 0.4) is 0 Å². The highest BCUT2D eigenvalue weighted by Gasteiger charge is 2.12. The average molecular weight is 339 g/mol. The number of rotatable bonds is 7. The molecule has 0 saturated heterocycles. The summed E-state index contributed by atoms with van der Waals surface area (Å²) in [7, 11) is 1.29. The Kier molecular flexibility index (Phi) is 6.48. The maximum absolute atomic E-state index is 12.3. The molecule has 7 nitrogen and oxygen atoms in total. The number of nitrogens with zero attached hydrogens (tertiary/aromatic N) is 2. The Bertz CT molecular complexity index is 782. The molecule has 0 radical (unpaired) electrons. The summed E-state index contributed by atoms with van der Waals surface area (Å²) in [4.78, 5) is 27.8. The molecule has 2 rings (SSSR count). The summed E-state index contributed by atoms with van der Waals surface area (Å²) in [5.41, 5.74) is 0.729. The number of carbonyl (C=O) groups is 2. The van der Waals surface area contributed by atoms with Gasteiger partial charge < -0.3 is 14.8 Å². The van der Waals surface area contributed by atoms with Crippen molar-refractivity contribution in [1.82, 2.24) is 4.98 Å². The maximum atomic E-state index is 12.3. The first-order valence-corrected chi connectivity index (χ1v) is 7.60. The van der Waals surface area contributed by atoms with Gasteiger partial charge in [-0.3, -0.25) is 4.79 Å². The number of carbonyl (C=O) groups excluding carboxylic acids is 2. The predicted molar refractivity (Wildman–Crippen MR) is 90.3 cm³/mol. The molecule has 0 fully saturated rings. The molecule has 0 atom stereocenters. The lowest BCUT2D eigenvalue weighted by Crippen LogP contribution is -2.14. The van der Waals surface area contributed by atoms with Gasteiger partial charge in [0.15, 0.2) is 11.6 Å². The van der Waals surface area contributed by atoms with Crippen LogP contribution < -0.4 is 10.1 Å². The first kappa shape index (κ1) is 17.9. The van der Waals surface area contributed by atoms with Crippen molar-refractivity contribution in [3.05, 3.63) is 53.7 Å². The quantitative estimate of drug-likeness (QED) is 0.615. The summed E-state index contributed by atoms with van der Waals surface area (Å²) in [6, 6.07) is 11.5. The van der Waals surface area contributed by atoms with Crippen LogP contribution in [0.25, 0.3) is 0 Å². The number of esters is 1. The van der Waals surface area contributed by atoms with E-state index in [0.717, 1.165) is 0 Å². The predicted octanol–water partition coefficient (Wildman–Crippen LogP) is 2.80. The van der Waals surface area contributed by atoms with E-state index in [-0.39, 0.29) is 5.91 Å². The molecule has 0 bridgehead atoms. The zero-order valence-electron chi connectivity index (χ0n) is 13.7. The second-order valence-electron chi connectivity index (χ2n) is 4.98. The number of hydrogen-bond acceptors (Lipinski definition) is 6. The smallest absolute Gasteiger partial charge is 0.337 e. The molecule has 0 aliphatic carbocycles. The Morgan fingerprint density at radius 1 is 1.20 bits per heavy atom. The summed E-state index contributed by atoms with van der Waals surface area (Å²) in [6.45, 7) is 0.357. The Hall–Kier alpha value is -3.40. The third kappa shape index (κ3) is 5.04. The molecule has 128 valence electrons. The molecule has 0 saturated carbocycles. The molecular weight excluding hydrogens is 322 g/mol. The lowest BCUT2D eigenvalue weighted by molar-refractivity contribution is 0.0600. The third-order valence-corrected chi connectivity index (χ3v) is 3.26. The molecular formula is C18H17N3O4. The fourth-order valence-electron chi connectivity index (χ4n) is 1.99. The number of nitriles is 1. The Balaban J connectivity index is 2.05. The van der Waals surface area contributed by atoms with Crippen LogP contribution in [0.4, 0.5) is 5.82 Å². The van der Waals surface area contributed by atoms with Crippen LogP contribution in [0.2, 0.25) is 0 Å². The van der Waals surface area contributed by atoms with Gasteiger partial charge >= 0.3 is 5.97 Å². The molecule has 1 aromatic heterocycles. The van der Waals surface area contributed by atoms with Gasteiger partial charge in [-0.2, -0.15) is 5.26 Å². The number of pyridine rings is 1. The number of anilines is 1. The SMILES string of the molecule is COC(=O)c1ccc(C(=O)Nc2ncccc2OCCCC#N)cc1. The zero-order valence-corrected chi connectivity index (χ0v) is 13.7.